The molecule has 6 heteroatoms. The summed E-state index contributed by atoms with van der Waals surface area (Å²) in [5.74, 6) is 0.666. The minimum Gasteiger partial charge on any atom is -0.497 e. The monoisotopic (exact) mass is 392 g/mol. The van der Waals surface area contributed by atoms with Crippen molar-refractivity contribution in [2.45, 2.75) is 19.9 Å². The number of ether oxygens (including phenoxy) is 1. The predicted octanol–water partition coefficient (Wildman–Crippen LogP) is 3.69. The maximum Gasteiger partial charge on any atom is 0.269 e. The molecule has 1 unspecified atom stereocenters. The summed E-state index contributed by atoms with van der Waals surface area (Å²) in [6.07, 6.45) is 3.26. The number of benzene rings is 2. The van der Waals surface area contributed by atoms with Gasteiger partial charge in [-0.2, -0.15) is 0 Å². The fourth-order valence-corrected chi connectivity index (χ4v) is 3.51. The number of nitrogens with zero attached hydrogens (tertiary/aromatic N) is 3. The van der Waals surface area contributed by atoms with Crippen LogP contribution in [0.3, 0.4) is 0 Å². The van der Waals surface area contributed by atoms with E-state index in [1.807, 2.05) is 48.5 Å². The summed E-state index contributed by atoms with van der Waals surface area (Å²) in [6.45, 7) is 6.52. The molecule has 1 atom stereocenters. The number of para-hydroxylation sites is 1. The van der Waals surface area contributed by atoms with Crippen LogP contribution in [0.15, 0.2) is 67.1 Å². The molecule has 1 aromatic heterocycles. The van der Waals surface area contributed by atoms with Gasteiger partial charge in [-0.3, -0.25) is 14.3 Å². The van der Waals surface area contributed by atoms with Crippen LogP contribution in [0.5, 0.6) is 5.75 Å². The van der Waals surface area contributed by atoms with Crippen molar-refractivity contribution < 1.29 is 9.53 Å². The minimum absolute atomic E-state index is 0.0529. The Labute approximate surface area is 172 Å². The van der Waals surface area contributed by atoms with E-state index in [9.17, 15) is 4.79 Å². The Morgan fingerprint density at radius 3 is 2.59 bits per heavy atom. The summed E-state index contributed by atoms with van der Waals surface area (Å²) in [5, 5.41) is 3.10. The Bertz CT molecular complexity index is 919. The van der Waals surface area contributed by atoms with Gasteiger partial charge >= 0.3 is 0 Å². The third kappa shape index (κ3) is 4.84. The molecule has 3 aromatic rings. The molecule has 0 radical (unpaired) electrons. The number of amides is 1. The molecule has 0 saturated heterocycles. The first-order valence-electron chi connectivity index (χ1n) is 9.91. The predicted molar refractivity (Wildman–Crippen MR) is 115 cm³/mol. The van der Waals surface area contributed by atoms with Crippen LogP contribution in [0.1, 0.15) is 35.9 Å². The largest absolute Gasteiger partial charge is 0.497 e. The van der Waals surface area contributed by atoms with Gasteiger partial charge in [0.1, 0.15) is 11.4 Å². The van der Waals surface area contributed by atoms with Crippen LogP contribution in [0.2, 0.25) is 0 Å². The van der Waals surface area contributed by atoms with Gasteiger partial charge in [-0.15, -0.1) is 0 Å². The number of hydrogen-bond donors (Lipinski definition) is 1. The first kappa shape index (κ1) is 20.6. The summed E-state index contributed by atoms with van der Waals surface area (Å²) < 4.78 is 7.18. The van der Waals surface area contributed by atoms with Gasteiger partial charge < -0.3 is 10.1 Å². The average molecular weight is 393 g/mol. The lowest BCUT2D eigenvalue weighted by molar-refractivity contribution is 0.0928. The van der Waals surface area contributed by atoms with E-state index in [4.69, 9.17) is 4.74 Å². The van der Waals surface area contributed by atoms with E-state index in [0.717, 1.165) is 30.1 Å². The van der Waals surface area contributed by atoms with Gasteiger partial charge in [0.2, 0.25) is 0 Å². The Hall–Kier alpha value is -3.12. The number of carbonyl (C=O) groups excluding carboxylic acids is 1. The Morgan fingerprint density at radius 1 is 1.14 bits per heavy atom. The summed E-state index contributed by atoms with van der Waals surface area (Å²) in [6, 6.07) is 17.8. The van der Waals surface area contributed by atoms with Crippen molar-refractivity contribution in [2.24, 2.45) is 0 Å². The molecular weight excluding hydrogens is 364 g/mol. The van der Waals surface area contributed by atoms with Crippen LogP contribution in [0.4, 0.5) is 0 Å². The van der Waals surface area contributed by atoms with Crippen molar-refractivity contribution in [3.63, 3.8) is 0 Å². The second kappa shape index (κ2) is 9.89. The molecule has 0 aliphatic carbocycles. The quantitative estimate of drug-likeness (QED) is 0.603. The molecule has 1 N–H and O–H groups in total. The highest BCUT2D eigenvalue weighted by Crippen LogP contribution is 2.24. The topological polar surface area (TPSA) is 59.4 Å². The second-order valence-electron chi connectivity index (χ2n) is 6.71. The second-order valence-corrected chi connectivity index (χ2v) is 6.71. The molecule has 0 saturated carbocycles. The number of carbonyl (C=O) groups is 1. The van der Waals surface area contributed by atoms with E-state index in [1.54, 1.807) is 24.2 Å². The van der Waals surface area contributed by atoms with Gasteiger partial charge in [0.25, 0.3) is 5.91 Å². The highest BCUT2D eigenvalue weighted by Gasteiger charge is 2.21. The fraction of sp³-hybridized carbons (Fsp3) is 0.304. The van der Waals surface area contributed by atoms with E-state index in [1.165, 1.54) is 0 Å². The van der Waals surface area contributed by atoms with Gasteiger partial charge in [-0.1, -0.05) is 44.2 Å². The molecule has 0 spiro atoms. The summed E-state index contributed by atoms with van der Waals surface area (Å²) in [5.41, 5.74) is 2.54. The molecule has 0 aliphatic heterocycles. The Morgan fingerprint density at radius 2 is 1.90 bits per heavy atom. The van der Waals surface area contributed by atoms with Gasteiger partial charge in [-0.25, -0.2) is 4.98 Å². The highest BCUT2D eigenvalue weighted by atomic mass is 16.5. The molecular formula is C23H28N4O2. The number of aromatic nitrogens is 2. The molecule has 1 heterocycles. The van der Waals surface area contributed by atoms with Crippen LogP contribution in [0, 0.1) is 0 Å². The molecule has 152 valence electrons. The summed E-state index contributed by atoms with van der Waals surface area (Å²) in [4.78, 5) is 19.4. The average Bonchev–Trinajstić information content (AvgIpc) is 3.27. The molecule has 1 amide bonds. The van der Waals surface area contributed by atoms with Crippen molar-refractivity contribution in [3.8, 4) is 11.4 Å². The van der Waals surface area contributed by atoms with Gasteiger partial charge in [-0.05, 0) is 42.9 Å². The maximum absolute atomic E-state index is 12.9. The van der Waals surface area contributed by atoms with Crippen LogP contribution in [-0.4, -0.2) is 47.1 Å². The van der Waals surface area contributed by atoms with Crippen molar-refractivity contribution >= 4 is 5.91 Å². The summed E-state index contributed by atoms with van der Waals surface area (Å²) >= 11 is 0. The summed E-state index contributed by atoms with van der Waals surface area (Å²) in [7, 11) is 1.66. The lowest BCUT2D eigenvalue weighted by Gasteiger charge is -2.30. The van der Waals surface area contributed by atoms with E-state index in [-0.39, 0.29) is 11.9 Å². The van der Waals surface area contributed by atoms with E-state index >= 15 is 0 Å². The van der Waals surface area contributed by atoms with Crippen molar-refractivity contribution in [3.05, 3.63) is 78.4 Å². The fourth-order valence-electron chi connectivity index (χ4n) is 3.51. The zero-order chi connectivity index (χ0) is 20.6. The normalized spacial score (nSPS) is 12.0. The first-order chi connectivity index (χ1) is 14.2. The molecule has 6 nitrogen and oxygen atoms in total. The van der Waals surface area contributed by atoms with Crippen LogP contribution in [0.25, 0.3) is 5.69 Å². The molecule has 3 rings (SSSR count). The van der Waals surface area contributed by atoms with E-state index in [2.05, 4.69) is 35.1 Å². The molecule has 0 aliphatic rings. The zero-order valence-corrected chi connectivity index (χ0v) is 17.2. The number of likely N-dealkylation sites (N-methyl/N-ethyl adjacent to an activating group) is 1. The molecule has 29 heavy (non-hydrogen) atoms. The standard InChI is InChI=1S/C23H28N4O2/c1-4-26(5-2)21(18-10-9-13-20(14-18)29-3)16-25-23(28)22-15-24-17-27(22)19-11-7-6-8-12-19/h6-15,17,21H,4-5,16H2,1-3H3,(H,25,28). The lowest BCUT2D eigenvalue weighted by atomic mass is 10.0. The zero-order valence-electron chi connectivity index (χ0n) is 17.2. The molecule has 2 aromatic carbocycles. The van der Waals surface area contributed by atoms with Crippen LogP contribution in [-0.2, 0) is 0 Å². The van der Waals surface area contributed by atoms with Gasteiger partial charge in [0.15, 0.2) is 0 Å². The van der Waals surface area contributed by atoms with Gasteiger partial charge in [0.05, 0.1) is 25.7 Å². The Kier molecular flexibility index (Phi) is 7.03. The first-order valence-corrected chi connectivity index (χ1v) is 9.91. The third-order valence-corrected chi connectivity index (χ3v) is 5.09. The highest BCUT2D eigenvalue weighted by molar-refractivity contribution is 5.93. The third-order valence-electron chi connectivity index (χ3n) is 5.09. The number of rotatable bonds is 9. The number of methoxy groups -OCH3 is 1. The number of imidazole rings is 1. The number of hydrogen-bond acceptors (Lipinski definition) is 4. The van der Waals surface area contributed by atoms with E-state index in [0.29, 0.717) is 12.2 Å². The SMILES string of the molecule is CCN(CC)C(CNC(=O)c1cncn1-c1ccccc1)c1cccc(OC)c1. The van der Waals surface area contributed by atoms with Gasteiger partial charge in [0, 0.05) is 12.2 Å². The smallest absolute Gasteiger partial charge is 0.269 e. The maximum atomic E-state index is 12.9. The Balaban J connectivity index is 1.79. The minimum atomic E-state index is -0.147. The van der Waals surface area contributed by atoms with Crippen LogP contribution >= 0.6 is 0 Å². The van der Waals surface area contributed by atoms with Crippen molar-refractivity contribution in [2.75, 3.05) is 26.7 Å². The molecule has 0 bridgehead atoms. The number of nitrogens with one attached hydrogen (secondary N) is 1. The van der Waals surface area contributed by atoms with Crippen LogP contribution < -0.4 is 10.1 Å². The molecule has 0 fully saturated rings. The van der Waals surface area contributed by atoms with E-state index < -0.39 is 0 Å². The van der Waals surface area contributed by atoms with Crippen molar-refractivity contribution in [1.29, 1.82) is 0 Å². The van der Waals surface area contributed by atoms with Crippen molar-refractivity contribution in [1.82, 2.24) is 19.8 Å². The lowest BCUT2D eigenvalue weighted by Crippen LogP contribution is -2.38.